The molecule has 8 nitrogen and oxygen atoms in total. The summed E-state index contributed by atoms with van der Waals surface area (Å²) in [6.07, 6.45) is 1.84. The van der Waals surface area contributed by atoms with Crippen LogP contribution in [0.5, 0.6) is 0 Å². The summed E-state index contributed by atoms with van der Waals surface area (Å²) in [6.45, 7) is 5.26. The van der Waals surface area contributed by atoms with E-state index < -0.39 is 38.3 Å². The topological polar surface area (TPSA) is 116 Å². The molecule has 2 aromatic rings. The average molecular weight is 496 g/mol. The first-order valence-electron chi connectivity index (χ1n) is 10.1. The third-order valence-electron chi connectivity index (χ3n) is 4.78. The van der Waals surface area contributed by atoms with Crippen molar-refractivity contribution in [1.82, 2.24) is 4.72 Å². The maximum absolute atomic E-state index is 13.4. The number of carbonyl (C=O) groups excluding carboxylic acids is 1. The van der Waals surface area contributed by atoms with Gasteiger partial charge in [-0.2, -0.15) is 8.42 Å². The van der Waals surface area contributed by atoms with Gasteiger partial charge in [-0.15, -0.1) is 0 Å². The van der Waals surface area contributed by atoms with Gasteiger partial charge in [-0.3, -0.25) is 4.18 Å². The van der Waals surface area contributed by atoms with Gasteiger partial charge >= 0.3 is 5.97 Å². The lowest BCUT2D eigenvalue weighted by atomic mass is 10.0. The quantitative estimate of drug-likeness (QED) is 0.306. The summed E-state index contributed by atoms with van der Waals surface area (Å²) in [5.41, 5.74) is 2.79. The zero-order valence-electron chi connectivity index (χ0n) is 19.2. The molecule has 0 radical (unpaired) electrons. The maximum atomic E-state index is 13.4. The van der Waals surface area contributed by atoms with Gasteiger partial charge in [-0.25, -0.2) is 17.9 Å². The number of carbonyl (C=O) groups is 1. The molecule has 0 bridgehead atoms. The van der Waals surface area contributed by atoms with Crippen LogP contribution in [0.2, 0.25) is 0 Å². The Balaban J connectivity index is 2.55. The summed E-state index contributed by atoms with van der Waals surface area (Å²) in [6, 6.07) is 11.4. The Morgan fingerprint density at radius 2 is 1.61 bits per heavy atom. The van der Waals surface area contributed by atoms with E-state index in [1.165, 1.54) is 13.2 Å². The molecule has 0 heterocycles. The van der Waals surface area contributed by atoms with E-state index >= 15 is 0 Å². The second-order valence-corrected chi connectivity index (χ2v) is 11.0. The summed E-state index contributed by atoms with van der Waals surface area (Å²) < 4.78 is 63.1. The van der Waals surface area contributed by atoms with Crippen LogP contribution in [0.3, 0.4) is 0 Å². The normalized spacial score (nSPS) is 14.2. The monoisotopic (exact) mass is 495 g/mol. The second kappa shape index (κ2) is 11.1. The van der Waals surface area contributed by atoms with E-state index in [9.17, 15) is 21.6 Å². The van der Waals surface area contributed by atoms with E-state index in [1.807, 2.05) is 13.0 Å². The van der Waals surface area contributed by atoms with Crippen molar-refractivity contribution in [3.8, 4) is 0 Å². The van der Waals surface area contributed by atoms with Crippen molar-refractivity contribution in [3.63, 3.8) is 0 Å². The number of esters is 1. The number of benzene rings is 2. The lowest BCUT2D eigenvalue weighted by molar-refractivity contribution is -0.134. The predicted octanol–water partition coefficient (Wildman–Crippen LogP) is 2.58. The van der Waals surface area contributed by atoms with E-state index in [1.54, 1.807) is 50.2 Å². The van der Waals surface area contributed by atoms with Crippen LogP contribution in [0.25, 0.3) is 0 Å². The zero-order valence-corrected chi connectivity index (χ0v) is 20.9. The Morgan fingerprint density at radius 3 is 2.12 bits per heavy atom. The molecule has 0 saturated carbocycles. The molecule has 0 fully saturated rings. The SMILES string of the molecule is COC(=O)/C=C/[C@@H](OS(C)(=O)=O)[C@@H](Cc1ccccc1)NS(=O)(=O)c1c(C)cc(C)cc1C. The molecule has 2 aromatic carbocycles. The molecular weight excluding hydrogens is 466 g/mol. The van der Waals surface area contributed by atoms with Crippen molar-refractivity contribution in [2.24, 2.45) is 0 Å². The molecule has 180 valence electrons. The Hall–Kier alpha value is -2.53. The van der Waals surface area contributed by atoms with Gasteiger partial charge in [0.25, 0.3) is 10.1 Å². The van der Waals surface area contributed by atoms with E-state index in [-0.39, 0.29) is 11.3 Å². The van der Waals surface area contributed by atoms with Gasteiger partial charge < -0.3 is 4.74 Å². The van der Waals surface area contributed by atoms with Gasteiger partial charge in [0.15, 0.2) is 0 Å². The molecule has 0 aliphatic rings. The smallest absolute Gasteiger partial charge is 0.330 e. The highest BCUT2D eigenvalue weighted by molar-refractivity contribution is 7.89. The molecule has 33 heavy (non-hydrogen) atoms. The number of ether oxygens (including phenoxy) is 1. The van der Waals surface area contributed by atoms with Crippen molar-refractivity contribution >= 4 is 26.1 Å². The van der Waals surface area contributed by atoms with Crippen molar-refractivity contribution in [2.75, 3.05) is 13.4 Å². The van der Waals surface area contributed by atoms with Gasteiger partial charge in [-0.1, -0.05) is 48.0 Å². The summed E-state index contributed by atoms with van der Waals surface area (Å²) in [5, 5.41) is 0. The first-order chi connectivity index (χ1) is 15.3. The number of rotatable bonds is 10. The molecular formula is C23H29NO7S2. The van der Waals surface area contributed by atoms with Gasteiger partial charge in [-0.05, 0) is 50.0 Å². The van der Waals surface area contributed by atoms with Gasteiger partial charge in [0.2, 0.25) is 10.0 Å². The van der Waals surface area contributed by atoms with Gasteiger partial charge in [0.1, 0.15) is 6.10 Å². The minimum Gasteiger partial charge on any atom is -0.466 e. The highest BCUT2D eigenvalue weighted by atomic mass is 32.2. The van der Waals surface area contributed by atoms with Crippen LogP contribution in [0.15, 0.2) is 59.5 Å². The third-order valence-corrected chi connectivity index (χ3v) is 7.15. The molecule has 0 amide bonds. The molecule has 0 saturated heterocycles. The van der Waals surface area contributed by atoms with Crippen LogP contribution in [0.4, 0.5) is 0 Å². The predicted molar refractivity (Wildman–Crippen MR) is 126 cm³/mol. The van der Waals surface area contributed by atoms with Crippen LogP contribution >= 0.6 is 0 Å². The first-order valence-corrected chi connectivity index (χ1v) is 13.4. The molecule has 0 aliphatic carbocycles. The highest BCUT2D eigenvalue weighted by Crippen LogP contribution is 2.23. The number of hydrogen-bond acceptors (Lipinski definition) is 7. The minimum absolute atomic E-state index is 0.107. The molecule has 0 aromatic heterocycles. The van der Waals surface area contributed by atoms with Crippen LogP contribution in [-0.4, -0.2) is 48.3 Å². The summed E-state index contributed by atoms with van der Waals surface area (Å²) >= 11 is 0. The molecule has 10 heteroatoms. The van der Waals surface area contributed by atoms with Crippen molar-refractivity contribution in [1.29, 1.82) is 0 Å². The first kappa shape index (κ1) is 26.7. The summed E-state index contributed by atoms with van der Waals surface area (Å²) in [4.78, 5) is 11.8. The Labute approximate surface area is 195 Å². The number of sulfonamides is 1. The van der Waals surface area contributed by atoms with Gasteiger partial charge in [0.05, 0.1) is 24.3 Å². The van der Waals surface area contributed by atoms with Crippen molar-refractivity contribution in [3.05, 3.63) is 76.9 Å². The van der Waals surface area contributed by atoms with E-state index in [0.717, 1.165) is 23.5 Å². The molecule has 2 rings (SSSR count). The minimum atomic E-state index is -4.08. The number of nitrogens with one attached hydrogen (secondary N) is 1. The molecule has 0 aliphatic heterocycles. The van der Waals surface area contributed by atoms with E-state index in [4.69, 9.17) is 4.18 Å². The van der Waals surface area contributed by atoms with Gasteiger partial charge in [0, 0.05) is 6.08 Å². The molecule has 1 N–H and O–H groups in total. The summed E-state index contributed by atoms with van der Waals surface area (Å²) in [5.74, 6) is -0.733. The Bertz CT molecular complexity index is 1200. The Kier molecular flexibility index (Phi) is 8.96. The number of methoxy groups -OCH3 is 1. The van der Waals surface area contributed by atoms with E-state index in [2.05, 4.69) is 9.46 Å². The van der Waals surface area contributed by atoms with Crippen LogP contribution < -0.4 is 4.72 Å². The molecule has 0 unspecified atom stereocenters. The van der Waals surface area contributed by atoms with Crippen LogP contribution in [0.1, 0.15) is 22.3 Å². The van der Waals surface area contributed by atoms with Crippen molar-refractivity contribution in [2.45, 2.75) is 44.2 Å². The highest BCUT2D eigenvalue weighted by Gasteiger charge is 2.31. The summed E-state index contributed by atoms with van der Waals surface area (Å²) in [7, 11) is -6.90. The van der Waals surface area contributed by atoms with Crippen LogP contribution in [-0.2, 0) is 40.3 Å². The molecule has 0 spiro atoms. The second-order valence-electron chi connectivity index (χ2n) is 7.79. The van der Waals surface area contributed by atoms with Crippen LogP contribution in [0, 0.1) is 20.8 Å². The fourth-order valence-electron chi connectivity index (χ4n) is 3.62. The standard InChI is InChI=1S/C23H29NO7S2/c1-16-13-17(2)23(18(3)14-16)33(28,29)24-20(15-19-9-7-6-8-10-19)21(31-32(5,26)27)11-12-22(25)30-4/h6-14,20-21,24H,15H2,1-5H3/b12-11+/t20-,21-/m1/s1. The Morgan fingerprint density at radius 1 is 1.03 bits per heavy atom. The average Bonchev–Trinajstić information content (AvgIpc) is 2.69. The third kappa shape index (κ3) is 8.08. The fourth-order valence-corrected chi connectivity index (χ4v) is 5.92. The molecule has 2 atom stereocenters. The zero-order chi connectivity index (χ0) is 24.8. The number of aryl methyl sites for hydroxylation is 3. The van der Waals surface area contributed by atoms with E-state index in [0.29, 0.717) is 11.1 Å². The fraction of sp³-hybridized carbons (Fsp3) is 0.348. The lowest BCUT2D eigenvalue weighted by Gasteiger charge is -2.26. The lowest BCUT2D eigenvalue weighted by Crippen LogP contribution is -2.46. The maximum Gasteiger partial charge on any atom is 0.330 e. The number of hydrogen-bond donors (Lipinski definition) is 1. The van der Waals surface area contributed by atoms with Crippen molar-refractivity contribution < 1.29 is 30.6 Å². The largest absolute Gasteiger partial charge is 0.466 e.